The van der Waals surface area contributed by atoms with Crippen molar-refractivity contribution in [2.45, 2.75) is 6.10 Å². The molecule has 3 heteroatoms. The number of hydrogen-bond donors (Lipinski definition) is 1. The summed E-state index contributed by atoms with van der Waals surface area (Å²) in [5, 5.41) is 10.2. The predicted octanol–water partition coefficient (Wildman–Crippen LogP) is 2.17. The average molecular weight is 215 g/mol. The lowest BCUT2D eigenvalue weighted by Crippen LogP contribution is -2.04. The maximum absolute atomic E-state index is 10.2. The molecule has 1 aromatic heterocycles. The highest BCUT2D eigenvalue weighted by atomic mass is 16.5. The van der Waals surface area contributed by atoms with Crippen LogP contribution in [0.4, 0.5) is 0 Å². The van der Waals surface area contributed by atoms with Gasteiger partial charge in [0.2, 0.25) is 0 Å². The van der Waals surface area contributed by atoms with Gasteiger partial charge in [-0.25, -0.2) is 0 Å². The number of nitrogens with zero attached hydrogens (tertiary/aromatic N) is 1. The van der Waals surface area contributed by atoms with Crippen LogP contribution in [0.1, 0.15) is 17.4 Å². The van der Waals surface area contributed by atoms with Crippen LogP contribution < -0.4 is 4.74 Å². The molecule has 82 valence electrons. The quantitative estimate of drug-likeness (QED) is 0.853. The Labute approximate surface area is 94.3 Å². The molecule has 1 heterocycles. The number of pyridine rings is 1. The van der Waals surface area contributed by atoms with E-state index in [0.717, 1.165) is 5.56 Å². The van der Waals surface area contributed by atoms with Crippen molar-refractivity contribution in [1.29, 1.82) is 0 Å². The lowest BCUT2D eigenvalue weighted by atomic mass is 10.1. The molecule has 1 aromatic carbocycles. The lowest BCUT2D eigenvalue weighted by molar-refractivity contribution is 0.209. The minimum absolute atomic E-state index is 0.538. The summed E-state index contributed by atoms with van der Waals surface area (Å²) in [5.74, 6) is 0.596. The summed E-state index contributed by atoms with van der Waals surface area (Å²) < 4.78 is 5.17. The van der Waals surface area contributed by atoms with Gasteiger partial charge in [-0.2, -0.15) is 0 Å². The Morgan fingerprint density at radius 3 is 2.56 bits per heavy atom. The van der Waals surface area contributed by atoms with E-state index in [4.69, 9.17) is 4.74 Å². The van der Waals surface area contributed by atoms with Gasteiger partial charge in [0.05, 0.1) is 7.11 Å². The molecule has 0 radical (unpaired) electrons. The van der Waals surface area contributed by atoms with Gasteiger partial charge in [0.25, 0.3) is 0 Å². The summed E-state index contributed by atoms with van der Waals surface area (Å²) in [7, 11) is 1.57. The Morgan fingerprint density at radius 1 is 1.12 bits per heavy atom. The zero-order valence-corrected chi connectivity index (χ0v) is 9.00. The van der Waals surface area contributed by atoms with Crippen LogP contribution in [-0.4, -0.2) is 17.2 Å². The highest BCUT2D eigenvalue weighted by molar-refractivity contribution is 5.34. The monoisotopic (exact) mass is 215 g/mol. The van der Waals surface area contributed by atoms with Crippen molar-refractivity contribution >= 4 is 0 Å². The number of aliphatic hydroxyl groups excluding tert-OH is 1. The summed E-state index contributed by atoms with van der Waals surface area (Å²) in [6.45, 7) is 0. The fraction of sp³-hybridized carbons (Fsp3) is 0.154. The number of hydrogen-bond acceptors (Lipinski definition) is 3. The Bertz CT molecular complexity index is 456. The molecule has 0 amide bonds. The predicted molar refractivity (Wildman–Crippen MR) is 61.3 cm³/mol. The van der Waals surface area contributed by atoms with E-state index in [1.54, 1.807) is 25.4 Å². The summed E-state index contributed by atoms with van der Waals surface area (Å²) in [6, 6.07) is 13.0. The van der Waals surface area contributed by atoms with Crippen molar-refractivity contribution in [2.75, 3.05) is 7.11 Å². The Morgan fingerprint density at radius 2 is 1.88 bits per heavy atom. The first kappa shape index (κ1) is 10.6. The number of benzene rings is 1. The second kappa shape index (κ2) is 4.77. The highest BCUT2D eigenvalue weighted by Gasteiger charge is 2.15. The van der Waals surface area contributed by atoms with Crippen LogP contribution in [0.15, 0.2) is 48.7 Å². The zero-order chi connectivity index (χ0) is 11.4. The first-order valence-corrected chi connectivity index (χ1v) is 5.05. The summed E-state index contributed by atoms with van der Waals surface area (Å²) in [4.78, 5) is 4.15. The van der Waals surface area contributed by atoms with E-state index in [1.807, 2.05) is 30.3 Å². The molecule has 16 heavy (non-hydrogen) atoms. The van der Waals surface area contributed by atoms with Crippen LogP contribution in [0.25, 0.3) is 0 Å². The van der Waals surface area contributed by atoms with E-state index in [9.17, 15) is 5.11 Å². The molecule has 0 aliphatic heterocycles. The van der Waals surface area contributed by atoms with E-state index in [-0.39, 0.29) is 0 Å². The van der Waals surface area contributed by atoms with Gasteiger partial charge in [0.15, 0.2) is 0 Å². The van der Waals surface area contributed by atoms with Crippen LogP contribution in [0.2, 0.25) is 0 Å². The van der Waals surface area contributed by atoms with Gasteiger partial charge in [0, 0.05) is 6.20 Å². The molecule has 1 atom stereocenters. The molecule has 0 bridgehead atoms. The average Bonchev–Trinajstić information content (AvgIpc) is 2.39. The number of rotatable bonds is 3. The smallest absolute Gasteiger partial charge is 0.143 e. The number of aromatic nitrogens is 1. The largest absolute Gasteiger partial charge is 0.495 e. The van der Waals surface area contributed by atoms with Crippen molar-refractivity contribution in [1.82, 2.24) is 4.98 Å². The molecule has 0 fully saturated rings. The minimum Gasteiger partial charge on any atom is -0.495 e. The first-order chi connectivity index (χ1) is 7.83. The molecule has 0 saturated carbocycles. The Hall–Kier alpha value is -1.87. The molecular weight excluding hydrogens is 202 g/mol. The topological polar surface area (TPSA) is 42.4 Å². The molecule has 3 nitrogen and oxygen atoms in total. The molecular formula is C13H13NO2. The number of methoxy groups -OCH3 is 1. The number of aliphatic hydroxyl groups is 1. The van der Waals surface area contributed by atoms with E-state index in [2.05, 4.69) is 4.98 Å². The Balaban J connectivity index is 2.37. The van der Waals surface area contributed by atoms with Gasteiger partial charge in [-0.05, 0) is 17.7 Å². The van der Waals surface area contributed by atoms with E-state index in [0.29, 0.717) is 11.4 Å². The van der Waals surface area contributed by atoms with E-state index < -0.39 is 6.10 Å². The maximum atomic E-state index is 10.2. The van der Waals surface area contributed by atoms with Crippen LogP contribution >= 0.6 is 0 Å². The van der Waals surface area contributed by atoms with E-state index >= 15 is 0 Å². The first-order valence-electron chi connectivity index (χ1n) is 5.05. The number of ether oxygens (including phenoxy) is 1. The van der Waals surface area contributed by atoms with Gasteiger partial charge in [-0.15, -0.1) is 0 Å². The zero-order valence-electron chi connectivity index (χ0n) is 9.00. The Kier molecular flexibility index (Phi) is 3.17. The van der Waals surface area contributed by atoms with Crippen molar-refractivity contribution in [3.63, 3.8) is 0 Å². The third kappa shape index (κ3) is 2.04. The lowest BCUT2D eigenvalue weighted by Gasteiger charge is -2.13. The summed E-state index contributed by atoms with van der Waals surface area (Å²) in [5.41, 5.74) is 1.34. The third-order valence-corrected chi connectivity index (χ3v) is 2.39. The van der Waals surface area contributed by atoms with Gasteiger partial charge < -0.3 is 9.84 Å². The summed E-state index contributed by atoms with van der Waals surface area (Å²) >= 11 is 0. The molecule has 1 N–H and O–H groups in total. The second-order valence-electron chi connectivity index (χ2n) is 3.40. The van der Waals surface area contributed by atoms with Crippen LogP contribution in [0, 0.1) is 0 Å². The summed E-state index contributed by atoms with van der Waals surface area (Å²) in [6.07, 6.45) is 0.890. The van der Waals surface area contributed by atoms with Gasteiger partial charge in [0.1, 0.15) is 17.5 Å². The van der Waals surface area contributed by atoms with Gasteiger partial charge in [-0.1, -0.05) is 30.3 Å². The fourth-order valence-electron chi connectivity index (χ4n) is 1.57. The highest BCUT2D eigenvalue weighted by Crippen LogP contribution is 2.27. The van der Waals surface area contributed by atoms with Crippen LogP contribution in [0.3, 0.4) is 0 Å². The molecule has 0 spiro atoms. The molecule has 0 aliphatic carbocycles. The minimum atomic E-state index is -0.752. The van der Waals surface area contributed by atoms with Crippen LogP contribution in [-0.2, 0) is 0 Å². The molecule has 2 rings (SSSR count). The van der Waals surface area contributed by atoms with Crippen molar-refractivity contribution in [3.05, 3.63) is 59.9 Å². The van der Waals surface area contributed by atoms with Gasteiger partial charge >= 0.3 is 0 Å². The molecule has 0 aliphatic rings. The second-order valence-corrected chi connectivity index (χ2v) is 3.40. The van der Waals surface area contributed by atoms with Crippen molar-refractivity contribution < 1.29 is 9.84 Å². The molecule has 2 aromatic rings. The normalized spacial score (nSPS) is 12.1. The van der Waals surface area contributed by atoms with Crippen molar-refractivity contribution in [2.24, 2.45) is 0 Å². The standard InChI is InChI=1S/C13H13NO2/c1-16-11-8-5-9-14-12(11)13(15)10-6-3-2-4-7-10/h2-9,13,15H,1H3. The molecule has 0 saturated heterocycles. The SMILES string of the molecule is COc1cccnc1C(O)c1ccccc1. The third-order valence-electron chi connectivity index (χ3n) is 2.39. The van der Waals surface area contributed by atoms with E-state index in [1.165, 1.54) is 0 Å². The molecule has 1 unspecified atom stereocenters. The van der Waals surface area contributed by atoms with Crippen molar-refractivity contribution in [3.8, 4) is 5.75 Å². The maximum Gasteiger partial charge on any atom is 0.143 e. The van der Waals surface area contributed by atoms with Gasteiger partial charge in [-0.3, -0.25) is 4.98 Å². The van der Waals surface area contributed by atoms with Crippen LogP contribution in [0.5, 0.6) is 5.75 Å². The fourth-order valence-corrected chi connectivity index (χ4v) is 1.57.